The van der Waals surface area contributed by atoms with Gasteiger partial charge in [0.25, 0.3) is 5.22 Å². The summed E-state index contributed by atoms with van der Waals surface area (Å²) < 4.78 is 6.00. The van der Waals surface area contributed by atoms with E-state index < -0.39 is 0 Å². The third-order valence-electron chi connectivity index (χ3n) is 3.38. The number of unbranched alkanes of at least 4 members (excludes halogenated alkanes) is 1. The highest BCUT2D eigenvalue weighted by Gasteiger charge is 2.16. The summed E-state index contributed by atoms with van der Waals surface area (Å²) in [5.41, 5.74) is 2.91. The van der Waals surface area contributed by atoms with Crippen molar-refractivity contribution in [2.24, 2.45) is 0 Å². The molecular formula is C19H17NO2S. The van der Waals surface area contributed by atoms with Gasteiger partial charge in [0.1, 0.15) is 12.0 Å². The van der Waals surface area contributed by atoms with E-state index in [-0.39, 0.29) is 0 Å². The first-order chi connectivity index (χ1) is 11.4. The molecule has 1 heterocycles. The van der Waals surface area contributed by atoms with Crippen LogP contribution >= 0.6 is 11.8 Å². The Morgan fingerprint density at radius 1 is 0.957 bits per heavy atom. The Morgan fingerprint density at radius 3 is 2.26 bits per heavy atom. The quantitative estimate of drug-likeness (QED) is 0.345. The Kier molecular flexibility index (Phi) is 5.27. The fourth-order valence-corrected chi connectivity index (χ4v) is 3.05. The van der Waals surface area contributed by atoms with Crippen LogP contribution in [0.15, 0.2) is 70.3 Å². The van der Waals surface area contributed by atoms with E-state index in [9.17, 15) is 4.79 Å². The number of oxazole rings is 1. The molecule has 1 aromatic heterocycles. The molecule has 3 nitrogen and oxygen atoms in total. The fourth-order valence-electron chi connectivity index (χ4n) is 2.27. The van der Waals surface area contributed by atoms with E-state index >= 15 is 0 Å². The number of nitrogens with zero attached hydrogens (tertiary/aromatic N) is 1. The van der Waals surface area contributed by atoms with Crippen LogP contribution < -0.4 is 0 Å². The predicted octanol–water partition coefficient (Wildman–Crippen LogP) is 5.08. The minimum atomic E-state index is 0.574. The summed E-state index contributed by atoms with van der Waals surface area (Å²) in [5.74, 6) is 1.61. The van der Waals surface area contributed by atoms with Gasteiger partial charge in [-0.1, -0.05) is 72.4 Å². The second-order valence-electron chi connectivity index (χ2n) is 5.05. The summed E-state index contributed by atoms with van der Waals surface area (Å²) in [6.45, 7) is 0. The Labute approximate surface area is 139 Å². The van der Waals surface area contributed by atoms with Gasteiger partial charge in [-0.3, -0.25) is 0 Å². The lowest BCUT2D eigenvalue weighted by molar-refractivity contribution is -0.107. The SMILES string of the molecule is O=CCCCSc1nc(-c2ccccc2)c(-c2ccccc2)o1. The molecule has 0 amide bonds. The summed E-state index contributed by atoms with van der Waals surface area (Å²) in [6.07, 6.45) is 2.35. The number of benzene rings is 2. The molecule has 0 aliphatic carbocycles. The number of aldehydes is 1. The molecule has 3 aromatic rings. The number of hydrogen-bond acceptors (Lipinski definition) is 4. The smallest absolute Gasteiger partial charge is 0.256 e. The van der Waals surface area contributed by atoms with Crippen molar-refractivity contribution in [3.8, 4) is 22.6 Å². The molecule has 0 N–H and O–H groups in total. The van der Waals surface area contributed by atoms with E-state index in [0.717, 1.165) is 41.0 Å². The zero-order chi connectivity index (χ0) is 15.9. The topological polar surface area (TPSA) is 43.1 Å². The highest BCUT2D eigenvalue weighted by atomic mass is 32.2. The zero-order valence-corrected chi connectivity index (χ0v) is 13.5. The van der Waals surface area contributed by atoms with E-state index in [1.54, 1.807) is 11.8 Å². The highest BCUT2D eigenvalue weighted by molar-refractivity contribution is 7.99. The molecular weight excluding hydrogens is 306 g/mol. The normalized spacial score (nSPS) is 10.6. The molecule has 0 aliphatic rings. The van der Waals surface area contributed by atoms with Crippen LogP contribution in [0.2, 0.25) is 0 Å². The molecule has 0 radical (unpaired) electrons. The minimum Gasteiger partial charge on any atom is -0.431 e. The fraction of sp³-hybridized carbons (Fsp3) is 0.158. The third-order valence-corrected chi connectivity index (χ3v) is 4.30. The molecule has 4 heteroatoms. The Bertz CT molecular complexity index is 697. The molecule has 116 valence electrons. The molecule has 0 spiro atoms. The van der Waals surface area contributed by atoms with Gasteiger partial charge in [0.2, 0.25) is 0 Å². The molecule has 0 bridgehead atoms. The van der Waals surface area contributed by atoms with Crippen molar-refractivity contribution in [2.45, 2.75) is 18.1 Å². The molecule has 0 saturated carbocycles. The van der Waals surface area contributed by atoms with Gasteiger partial charge in [-0.25, -0.2) is 4.98 Å². The van der Waals surface area contributed by atoms with Gasteiger partial charge in [-0.05, 0) is 6.42 Å². The Balaban J connectivity index is 1.92. The molecule has 0 fully saturated rings. The van der Waals surface area contributed by atoms with Gasteiger partial charge in [0, 0.05) is 23.3 Å². The van der Waals surface area contributed by atoms with E-state index in [1.807, 2.05) is 60.7 Å². The highest BCUT2D eigenvalue weighted by Crippen LogP contribution is 2.35. The first-order valence-corrected chi connectivity index (χ1v) is 8.55. The molecule has 2 aromatic carbocycles. The summed E-state index contributed by atoms with van der Waals surface area (Å²) in [4.78, 5) is 15.1. The maximum absolute atomic E-state index is 10.4. The van der Waals surface area contributed by atoms with Gasteiger partial charge >= 0.3 is 0 Å². The monoisotopic (exact) mass is 323 g/mol. The average Bonchev–Trinajstić information content (AvgIpc) is 3.05. The molecule has 0 saturated heterocycles. The maximum Gasteiger partial charge on any atom is 0.256 e. The van der Waals surface area contributed by atoms with Gasteiger partial charge in [-0.15, -0.1) is 0 Å². The number of aromatic nitrogens is 1. The number of thioether (sulfide) groups is 1. The number of carbonyl (C=O) groups excluding carboxylic acids is 1. The lowest BCUT2D eigenvalue weighted by Gasteiger charge is -2.00. The zero-order valence-electron chi connectivity index (χ0n) is 12.6. The van der Waals surface area contributed by atoms with Crippen LogP contribution in [0.25, 0.3) is 22.6 Å². The van der Waals surface area contributed by atoms with Crippen molar-refractivity contribution < 1.29 is 9.21 Å². The van der Waals surface area contributed by atoms with Crippen LogP contribution in [0, 0.1) is 0 Å². The molecule has 0 unspecified atom stereocenters. The number of rotatable bonds is 7. The van der Waals surface area contributed by atoms with Crippen molar-refractivity contribution in [1.82, 2.24) is 4.98 Å². The summed E-state index contributed by atoms with van der Waals surface area (Å²) in [6, 6.07) is 20.0. The largest absolute Gasteiger partial charge is 0.431 e. The van der Waals surface area contributed by atoms with Crippen molar-refractivity contribution in [3.63, 3.8) is 0 Å². The van der Waals surface area contributed by atoms with Crippen molar-refractivity contribution in [3.05, 3.63) is 60.7 Å². The van der Waals surface area contributed by atoms with Crippen molar-refractivity contribution in [2.75, 3.05) is 5.75 Å². The van der Waals surface area contributed by atoms with Crippen molar-refractivity contribution in [1.29, 1.82) is 0 Å². The first kappa shape index (κ1) is 15.6. The maximum atomic E-state index is 10.4. The Hall–Kier alpha value is -2.33. The summed E-state index contributed by atoms with van der Waals surface area (Å²) in [5, 5.41) is 0.647. The number of hydrogen-bond donors (Lipinski definition) is 0. The molecule has 23 heavy (non-hydrogen) atoms. The summed E-state index contributed by atoms with van der Waals surface area (Å²) in [7, 11) is 0. The number of carbonyl (C=O) groups is 1. The second-order valence-corrected chi connectivity index (χ2v) is 6.09. The first-order valence-electron chi connectivity index (χ1n) is 7.56. The van der Waals surface area contributed by atoms with Gasteiger partial charge in [-0.2, -0.15) is 0 Å². The average molecular weight is 323 g/mol. The Morgan fingerprint density at radius 2 is 1.61 bits per heavy atom. The molecule has 0 aliphatic heterocycles. The van der Waals surface area contributed by atoms with E-state index in [2.05, 4.69) is 4.98 Å². The van der Waals surface area contributed by atoms with Crippen LogP contribution in [-0.4, -0.2) is 17.0 Å². The van der Waals surface area contributed by atoms with Gasteiger partial charge in [0.05, 0.1) is 0 Å². The molecule has 3 rings (SSSR count). The van der Waals surface area contributed by atoms with Crippen LogP contribution in [0.3, 0.4) is 0 Å². The van der Waals surface area contributed by atoms with Crippen LogP contribution in [0.4, 0.5) is 0 Å². The molecule has 0 atom stereocenters. The second kappa shape index (κ2) is 7.79. The van der Waals surface area contributed by atoms with Crippen LogP contribution in [0.5, 0.6) is 0 Å². The van der Waals surface area contributed by atoms with E-state index in [1.165, 1.54) is 0 Å². The minimum absolute atomic E-state index is 0.574. The van der Waals surface area contributed by atoms with E-state index in [4.69, 9.17) is 4.42 Å². The van der Waals surface area contributed by atoms with Crippen LogP contribution in [0.1, 0.15) is 12.8 Å². The third kappa shape index (κ3) is 3.90. The predicted molar refractivity (Wildman–Crippen MR) is 93.4 cm³/mol. The van der Waals surface area contributed by atoms with Gasteiger partial charge in [0.15, 0.2) is 5.76 Å². The summed E-state index contributed by atoms with van der Waals surface area (Å²) >= 11 is 1.55. The lowest BCUT2D eigenvalue weighted by Crippen LogP contribution is -1.83. The van der Waals surface area contributed by atoms with E-state index in [0.29, 0.717) is 11.6 Å². The van der Waals surface area contributed by atoms with Gasteiger partial charge < -0.3 is 9.21 Å². The van der Waals surface area contributed by atoms with Crippen molar-refractivity contribution >= 4 is 18.0 Å². The standard InChI is InChI=1S/C19H17NO2S/c21-13-7-8-14-23-19-20-17(15-9-3-1-4-10-15)18(22-19)16-11-5-2-6-12-16/h1-6,9-13H,7-8,14H2. The van der Waals surface area contributed by atoms with Crippen LogP contribution in [-0.2, 0) is 4.79 Å². The lowest BCUT2D eigenvalue weighted by atomic mass is 10.1.